The van der Waals surface area contributed by atoms with Gasteiger partial charge in [0.25, 0.3) is 0 Å². The number of pyridine rings is 2. The van der Waals surface area contributed by atoms with Gasteiger partial charge in [0.1, 0.15) is 11.6 Å². The fourth-order valence-corrected chi connectivity index (χ4v) is 4.73. The van der Waals surface area contributed by atoms with Gasteiger partial charge in [0, 0.05) is 66.8 Å². The van der Waals surface area contributed by atoms with Crippen LogP contribution in [0.5, 0.6) is 0 Å². The van der Waals surface area contributed by atoms with Gasteiger partial charge in [0.2, 0.25) is 5.91 Å². The third-order valence-corrected chi connectivity index (χ3v) is 6.64. The van der Waals surface area contributed by atoms with Crippen molar-refractivity contribution in [3.8, 4) is 11.1 Å². The van der Waals surface area contributed by atoms with E-state index in [4.69, 9.17) is 11.6 Å². The molecule has 3 aromatic heterocycles. The Bertz CT molecular complexity index is 1390. The summed E-state index contributed by atoms with van der Waals surface area (Å²) in [5.74, 6) is -1.07. The lowest BCUT2D eigenvalue weighted by Gasteiger charge is -2.12. The van der Waals surface area contributed by atoms with E-state index in [2.05, 4.69) is 20.4 Å². The molecule has 1 aromatic carbocycles. The van der Waals surface area contributed by atoms with Crippen LogP contribution in [0.3, 0.4) is 0 Å². The predicted molar refractivity (Wildman–Crippen MR) is 123 cm³/mol. The topological polar surface area (TPSA) is 92.9 Å². The van der Waals surface area contributed by atoms with Gasteiger partial charge < -0.3 is 10.4 Å². The number of fused-ring (bicyclic) bond motifs is 1. The molecule has 1 fully saturated rings. The number of aliphatic hydroxyl groups excluding tert-OH is 1. The van der Waals surface area contributed by atoms with E-state index in [-0.39, 0.29) is 35.3 Å². The molecule has 0 radical (unpaired) electrons. The van der Waals surface area contributed by atoms with Gasteiger partial charge in [-0.3, -0.25) is 14.5 Å². The van der Waals surface area contributed by atoms with E-state index in [1.54, 1.807) is 41.5 Å². The van der Waals surface area contributed by atoms with Gasteiger partial charge in [0.05, 0.1) is 17.1 Å². The minimum atomic E-state index is -0.540. The maximum absolute atomic E-state index is 15.0. The summed E-state index contributed by atoms with van der Waals surface area (Å²) < 4.78 is 16.7. The first-order valence-corrected chi connectivity index (χ1v) is 10.9. The van der Waals surface area contributed by atoms with Crippen LogP contribution in [0.2, 0.25) is 5.02 Å². The van der Waals surface area contributed by atoms with Crippen molar-refractivity contribution in [1.82, 2.24) is 19.7 Å². The molecule has 1 amide bonds. The monoisotopic (exact) mass is 465 g/mol. The van der Waals surface area contributed by atoms with Gasteiger partial charge in [-0.05, 0) is 41.6 Å². The van der Waals surface area contributed by atoms with Crippen LogP contribution in [-0.2, 0) is 11.8 Å². The molecular formula is C24H21ClFN5O2. The normalized spacial score (nSPS) is 19.6. The van der Waals surface area contributed by atoms with Crippen molar-refractivity contribution >= 4 is 34.1 Å². The van der Waals surface area contributed by atoms with E-state index in [0.29, 0.717) is 27.7 Å². The average Bonchev–Trinajstić information content (AvgIpc) is 3.39. The Hall–Kier alpha value is -3.36. The molecule has 5 rings (SSSR count). The van der Waals surface area contributed by atoms with Crippen molar-refractivity contribution in [3.05, 3.63) is 71.2 Å². The number of carbonyl (C=O) groups is 1. The standard InChI is InChI=1S/C24H21ClFN5O2/c1-12-3-4-27-8-16(12)15-5-13-6-19(28-9-17(13)22(25)23(15)26)30-24(33)21-18(11-32)20(21)14-7-29-31(2)10-14/h3-10,18,20-21,32H,11H2,1-2H3,(H,28,30,33). The molecule has 0 aliphatic heterocycles. The number of nitrogens with one attached hydrogen (secondary N) is 1. The third kappa shape index (κ3) is 3.75. The van der Waals surface area contributed by atoms with Crippen LogP contribution in [0.1, 0.15) is 17.0 Å². The molecule has 3 atom stereocenters. The summed E-state index contributed by atoms with van der Waals surface area (Å²) in [7, 11) is 1.81. The number of anilines is 1. The van der Waals surface area contributed by atoms with Gasteiger partial charge in [-0.25, -0.2) is 9.37 Å². The Kier molecular flexibility index (Phi) is 5.34. The Morgan fingerprint density at radius 2 is 2.09 bits per heavy atom. The highest BCUT2D eigenvalue weighted by atomic mass is 35.5. The van der Waals surface area contributed by atoms with Crippen molar-refractivity contribution in [2.45, 2.75) is 12.8 Å². The summed E-state index contributed by atoms with van der Waals surface area (Å²) in [6.07, 6.45) is 8.26. The minimum Gasteiger partial charge on any atom is -0.396 e. The number of halogens is 2. The second-order valence-electron chi connectivity index (χ2n) is 8.37. The molecule has 3 heterocycles. The maximum atomic E-state index is 15.0. The zero-order valence-electron chi connectivity index (χ0n) is 18.0. The Balaban J connectivity index is 1.45. The van der Waals surface area contributed by atoms with Crippen molar-refractivity contribution in [2.24, 2.45) is 18.9 Å². The van der Waals surface area contributed by atoms with Crippen molar-refractivity contribution < 1.29 is 14.3 Å². The zero-order valence-corrected chi connectivity index (χ0v) is 18.7. The van der Waals surface area contributed by atoms with Crippen molar-refractivity contribution in [3.63, 3.8) is 0 Å². The molecule has 0 spiro atoms. The van der Waals surface area contributed by atoms with E-state index in [1.807, 2.05) is 20.2 Å². The highest BCUT2D eigenvalue weighted by Gasteiger charge is 2.55. The molecule has 7 nitrogen and oxygen atoms in total. The van der Waals surface area contributed by atoms with Crippen LogP contribution in [0.15, 0.2) is 49.2 Å². The lowest BCUT2D eigenvalue weighted by Crippen LogP contribution is -2.16. The highest BCUT2D eigenvalue weighted by molar-refractivity contribution is 6.36. The average molecular weight is 466 g/mol. The van der Waals surface area contributed by atoms with Crippen LogP contribution >= 0.6 is 11.6 Å². The fourth-order valence-electron chi connectivity index (χ4n) is 4.47. The van der Waals surface area contributed by atoms with Crippen molar-refractivity contribution in [2.75, 3.05) is 11.9 Å². The molecule has 3 unspecified atom stereocenters. The summed E-state index contributed by atoms with van der Waals surface area (Å²) in [5.41, 5.74) is 2.76. The summed E-state index contributed by atoms with van der Waals surface area (Å²) >= 11 is 6.32. The van der Waals surface area contributed by atoms with E-state index in [0.717, 1.165) is 11.1 Å². The zero-order chi connectivity index (χ0) is 23.3. The number of hydrogen-bond donors (Lipinski definition) is 2. The molecule has 1 saturated carbocycles. The number of aromatic nitrogens is 4. The Morgan fingerprint density at radius 3 is 2.79 bits per heavy atom. The van der Waals surface area contributed by atoms with Crippen LogP contribution in [0.4, 0.5) is 10.2 Å². The van der Waals surface area contributed by atoms with Gasteiger partial charge in [-0.15, -0.1) is 0 Å². The first kappa shape index (κ1) is 21.5. The van der Waals surface area contributed by atoms with E-state index >= 15 is 4.39 Å². The summed E-state index contributed by atoms with van der Waals surface area (Å²) in [6, 6.07) is 5.16. The van der Waals surface area contributed by atoms with Gasteiger partial charge in [0.15, 0.2) is 0 Å². The number of nitrogens with zero attached hydrogens (tertiary/aromatic N) is 4. The number of rotatable bonds is 5. The van der Waals surface area contributed by atoms with Crippen LogP contribution in [0, 0.1) is 24.6 Å². The summed E-state index contributed by atoms with van der Waals surface area (Å²) in [6.45, 7) is 1.78. The van der Waals surface area contributed by atoms with Crippen LogP contribution in [0.25, 0.3) is 21.9 Å². The second-order valence-corrected chi connectivity index (χ2v) is 8.75. The molecule has 0 saturated heterocycles. The number of benzene rings is 1. The molecular weight excluding hydrogens is 445 g/mol. The lowest BCUT2D eigenvalue weighted by molar-refractivity contribution is -0.117. The SMILES string of the molecule is Cc1ccncc1-c1cc2cc(NC(=O)C3C(CO)C3c3cnn(C)c3)ncc2c(Cl)c1F. The molecule has 33 heavy (non-hydrogen) atoms. The first-order chi connectivity index (χ1) is 15.9. The van der Waals surface area contributed by atoms with E-state index in [9.17, 15) is 9.90 Å². The molecule has 1 aliphatic carbocycles. The number of hydrogen-bond acceptors (Lipinski definition) is 5. The van der Waals surface area contributed by atoms with Gasteiger partial charge >= 0.3 is 0 Å². The minimum absolute atomic E-state index is 0.0321. The lowest BCUT2D eigenvalue weighted by atomic mass is 9.99. The van der Waals surface area contributed by atoms with Crippen molar-refractivity contribution in [1.29, 1.82) is 0 Å². The molecule has 2 N–H and O–H groups in total. The summed E-state index contributed by atoms with van der Waals surface area (Å²) in [4.78, 5) is 21.3. The fraction of sp³-hybridized carbons (Fsp3) is 0.250. The molecule has 168 valence electrons. The largest absolute Gasteiger partial charge is 0.396 e. The number of carbonyl (C=O) groups excluding carboxylic acids is 1. The summed E-state index contributed by atoms with van der Waals surface area (Å²) in [5, 5.41) is 17.8. The number of aryl methyl sites for hydroxylation is 2. The molecule has 0 bridgehead atoms. The Morgan fingerprint density at radius 1 is 1.27 bits per heavy atom. The maximum Gasteiger partial charge on any atom is 0.229 e. The molecule has 9 heteroatoms. The van der Waals surface area contributed by atoms with Crippen LogP contribution in [-0.4, -0.2) is 37.4 Å². The van der Waals surface area contributed by atoms with E-state index < -0.39 is 5.82 Å². The third-order valence-electron chi connectivity index (χ3n) is 6.27. The second kappa shape index (κ2) is 8.20. The Labute approximate surface area is 194 Å². The molecule has 4 aromatic rings. The number of aliphatic hydroxyl groups is 1. The number of amides is 1. The smallest absolute Gasteiger partial charge is 0.229 e. The van der Waals surface area contributed by atoms with Gasteiger partial charge in [-0.1, -0.05) is 11.6 Å². The van der Waals surface area contributed by atoms with Gasteiger partial charge in [-0.2, -0.15) is 5.10 Å². The van der Waals surface area contributed by atoms with E-state index in [1.165, 1.54) is 6.20 Å². The first-order valence-electron chi connectivity index (χ1n) is 10.5. The molecule has 1 aliphatic rings. The predicted octanol–water partition coefficient (Wildman–Crippen LogP) is 4.09. The quantitative estimate of drug-likeness (QED) is 0.463. The highest BCUT2D eigenvalue weighted by Crippen LogP contribution is 2.54. The van der Waals surface area contributed by atoms with Crippen LogP contribution < -0.4 is 5.32 Å².